The molecule has 0 radical (unpaired) electrons. The van der Waals surface area contributed by atoms with E-state index in [9.17, 15) is 0 Å². The zero-order valence-corrected chi connectivity index (χ0v) is 17.6. The van der Waals surface area contributed by atoms with Gasteiger partial charge in [-0.25, -0.2) is 0 Å². The Balaban J connectivity index is 5.54. The first-order valence-electron chi connectivity index (χ1n) is 7.61. The smallest absolute Gasteiger partial charge is 0.134 e. The zero-order valence-electron chi connectivity index (χ0n) is 14.9. The van der Waals surface area contributed by atoms with E-state index in [0.29, 0.717) is 14.7 Å². The molecule has 0 heterocycles. The second-order valence-electron chi connectivity index (χ2n) is 8.71. The molecule has 0 aromatic carbocycles. The molecule has 116 valence electrons. The van der Waals surface area contributed by atoms with E-state index < -0.39 is 16.3 Å². The van der Waals surface area contributed by atoms with Crippen molar-refractivity contribution in [1.82, 2.24) is 4.98 Å². The van der Waals surface area contributed by atoms with Gasteiger partial charge in [-0.1, -0.05) is 68.1 Å². The van der Waals surface area contributed by atoms with Gasteiger partial charge in [0, 0.05) is 4.62 Å². The van der Waals surface area contributed by atoms with Gasteiger partial charge in [0.15, 0.2) is 0 Å². The number of halogens is 1. The van der Waals surface area contributed by atoms with Gasteiger partial charge in [-0.2, -0.15) is 0 Å². The van der Waals surface area contributed by atoms with Gasteiger partial charge in [-0.15, -0.1) is 11.6 Å². The lowest BCUT2D eigenvalue weighted by Gasteiger charge is -2.55. The highest BCUT2D eigenvalue weighted by atomic mass is 35.5. The van der Waals surface area contributed by atoms with Crippen LogP contribution in [-0.4, -0.2) is 27.5 Å². The van der Waals surface area contributed by atoms with Crippen molar-refractivity contribution < 1.29 is 0 Å². The number of hydrogen-bond acceptors (Lipinski definition) is 1. The molecule has 0 aliphatic rings. The van der Waals surface area contributed by atoms with Crippen molar-refractivity contribution in [2.45, 2.75) is 89.2 Å². The summed E-state index contributed by atoms with van der Waals surface area (Å²) in [5.41, 5.74) is 0. The summed E-state index contributed by atoms with van der Waals surface area (Å²) in [6.07, 6.45) is 1.18. The van der Waals surface area contributed by atoms with Crippen LogP contribution < -0.4 is 4.98 Å². The van der Waals surface area contributed by atoms with Crippen LogP contribution in [0.5, 0.6) is 0 Å². The lowest BCUT2D eigenvalue weighted by Crippen LogP contribution is -2.69. The van der Waals surface area contributed by atoms with Crippen LogP contribution in [0.4, 0.5) is 0 Å². The molecule has 0 aliphatic carbocycles. The van der Waals surface area contributed by atoms with Gasteiger partial charge in [0.25, 0.3) is 0 Å². The normalized spacial score (nSPS) is 16.6. The Morgan fingerprint density at radius 1 is 0.947 bits per heavy atom. The van der Waals surface area contributed by atoms with Gasteiger partial charge >= 0.3 is 0 Å². The Hall–Kier alpha value is 0.684. The first kappa shape index (κ1) is 19.7. The molecule has 4 heteroatoms. The van der Waals surface area contributed by atoms with Crippen LogP contribution in [0, 0.1) is 0 Å². The second kappa shape index (κ2) is 6.21. The lowest BCUT2D eigenvalue weighted by atomic mass is 10.2. The van der Waals surface area contributed by atoms with Crippen LogP contribution in [0.25, 0.3) is 0 Å². The number of nitrogens with one attached hydrogen (secondary N) is 1. The Morgan fingerprint density at radius 3 is 1.58 bits per heavy atom. The zero-order chi connectivity index (χ0) is 15.7. The molecular weight excluding hydrogens is 286 g/mol. The van der Waals surface area contributed by atoms with Crippen molar-refractivity contribution >= 4 is 27.9 Å². The van der Waals surface area contributed by atoms with Gasteiger partial charge in [-0.05, 0) is 23.0 Å². The monoisotopic (exact) mass is 321 g/mol. The summed E-state index contributed by atoms with van der Waals surface area (Å²) in [7, 11) is -3.28. The average Bonchev–Trinajstić information content (AvgIpc) is 2.21. The molecule has 0 rings (SSSR count). The first-order chi connectivity index (χ1) is 8.22. The molecule has 0 amide bonds. The predicted molar refractivity (Wildman–Crippen MR) is 96.5 cm³/mol. The summed E-state index contributed by atoms with van der Waals surface area (Å²) in [5.74, 6) is 0. The highest BCUT2D eigenvalue weighted by molar-refractivity contribution is 7.06. The fraction of sp³-hybridized carbons (Fsp3) is 1.00. The number of rotatable bonds is 5. The minimum atomic E-state index is -1.68. The molecule has 0 spiro atoms. The maximum absolute atomic E-state index is 7.15. The second-order valence-corrected chi connectivity index (χ2v) is 20.8. The molecular formula is C15H36ClNSi2. The molecule has 0 fully saturated rings. The molecule has 0 saturated heterocycles. The third kappa shape index (κ3) is 4.08. The van der Waals surface area contributed by atoms with E-state index in [0.717, 1.165) is 6.54 Å². The van der Waals surface area contributed by atoms with Gasteiger partial charge in [0.2, 0.25) is 0 Å². The quantitative estimate of drug-likeness (QED) is 0.516. The first-order valence-corrected chi connectivity index (χ1v) is 13.7. The molecule has 0 aromatic rings. The molecule has 0 bridgehead atoms. The largest absolute Gasteiger partial charge is 0.337 e. The molecule has 1 N–H and O–H groups in total. The van der Waals surface area contributed by atoms with E-state index in [1.54, 1.807) is 0 Å². The molecule has 0 saturated carbocycles. The van der Waals surface area contributed by atoms with Crippen molar-refractivity contribution in [3.05, 3.63) is 0 Å². The summed E-state index contributed by atoms with van der Waals surface area (Å²) in [5, 5.41) is 0.631. The molecule has 0 aromatic heterocycles. The summed E-state index contributed by atoms with van der Waals surface area (Å²) < 4.78 is 0.339. The van der Waals surface area contributed by atoms with Gasteiger partial charge < -0.3 is 4.98 Å². The highest BCUT2D eigenvalue weighted by Gasteiger charge is 2.57. The van der Waals surface area contributed by atoms with Crippen molar-refractivity contribution in [3.8, 4) is 0 Å². The van der Waals surface area contributed by atoms with Gasteiger partial charge in [-0.3, -0.25) is 0 Å². The molecule has 1 unspecified atom stereocenters. The van der Waals surface area contributed by atoms with E-state index in [1.165, 1.54) is 6.42 Å². The van der Waals surface area contributed by atoms with Gasteiger partial charge in [0.1, 0.15) is 8.24 Å². The lowest BCUT2D eigenvalue weighted by molar-refractivity contribution is 0.613. The minimum Gasteiger partial charge on any atom is -0.337 e. The van der Waals surface area contributed by atoms with Crippen LogP contribution in [0.15, 0.2) is 0 Å². The van der Waals surface area contributed by atoms with Crippen LogP contribution in [-0.2, 0) is 0 Å². The van der Waals surface area contributed by atoms with E-state index in [2.05, 4.69) is 73.1 Å². The summed E-state index contributed by atoms with van der Waals surface area (Å²) in [6.45, 7) is 25.0. The van der Waals surface area contributed by atoms with E-state index in [4.69, 9.17) is 11.6 Å². The van der Waals surface area contributed by atoms with Crippen molar-refractivity contribution in [3.63, 3.8) is 0 Å². The third-order valence-electron chi connectivity index (χ3n) is 5.09. The van der Waals surface area contributed by atoms with Crippen LogP contribution in [0.2, 0.25) is 29.7 Å². The van der Waals surface area contributed by atoms with E-state index in [1.807, 2.05) is 0 Å². The molecule has 19 heavy (non-hydrogen) atoms. The number of alkyl halides is 1. The Kier molecular flexibility index (Phi) is 6.43. The summed E-state index contributed by atoms with van der Waals surface area (Å²) >= 11 is 7.15. The van der Waals surface area contributed by atoms with Crippen LogP contribution in [0.1, 0.15) is 54.9 Å². The standard InChI is InChI=1S/C15H36ClNSi2/c1-11-12-17-18(8,9)13(16)19(10,14(2,3)4)15(5,6)7/h13,17H,11-12H2,1-10H3. The molecule has 0 aliphatic heterocycles. The Morgan fingerprint density at radius 2 is 1.32 bits per heavy atom. The average molecular weight is 322 g/mol. The number of hydrogen-bond donors (Lipinski definition) is 1. The maximum Gasteiger partial charge on any atom is 0.134 e. The SMILES string of the molecule is CCCN[Si](C)(C)C(Cl)[Si](C)(C(C)(C)C)C(C)(C)C. The predicted octanol–water partition coefficient (Wildman–Crippen LogP) is 5.56. The van der Waals surface area contributed by atoms with Crippen molar-refractivity contribution in [1.29, 1.82) is 0 Å². The summed E-state index contributed by atoms with van der Waals surface area (Å²) in [4.78, 5) is 3.80. The minimum absolute atomic E-state index is 0.315. The van der Waals surface area contributed by atoms with Crippen molar-refractivity contribution in [2.75, 3.05) is 6.54 Å². The highest BCUT2D eigenvalue weighted by Crippen LogP contribution is 2.55. The fourth-order valence-corrected chi connectivity index (χ4v) is 18.9. The van der Waals surface area contributed by atoms with Crippen LogP contribution in [0.3, 0.4) is 0 Å². The molecule has 1 nitrogen and oxygen atoms in total. The topological polar surface area (TPSA) is 12.0 Å². The Labute approximate surface area is 129 Å². The van der Waals surface area contributed by atoms with Gasteiger partial charge in [0.05, 0.1) is 8.07 Å². The fourth-order valence-electron chi connectivity index (χ4n) is 3.14. The molecule has 1 atom stereocenters. The third-order valence-corrected chi connectivity index (χ3v) is 21.6. The summed E-state index contributed by atoms with van der Waals surface area (Å²) in [6, 6.07) is 0. The Bertz CT molecular complexity index is 276. The van der Waals surface area contributed by atoms with Crippen molar-refractivity contribution in [2.24, 2.45) is 0 Å². The maximum atomic E-state index is 7.15. The van der Waals surface area contributed by atoms with E-state index in [-0.39, 0.29) is 0 Å². The van der Waals surface area contributed by atoms with E-state index >= 15 is 0 Å². The van der Waals surface area contributed by atoms with Crippen LogP contribution >= 0.6 is 11.6 Å².